The molecular formula is C22H35F2IN4OS. The van der Waals surface area contributed by atoms with E-state index in [0.29, 0.717) is 5.56 Å². The Morgan fingerprint density at radius 3 is 2.45 bits per heavy atom. The maximum atomic E-state index is 14.3. The van der Waals surface area contributed by atoms with Crippen LogP contribution in [0.3, 0.4) is 0 Å². The molecule has 5 nitrogen and oxygen atoms in total. The van der Waals surface area contributed by atoms with Crippen LogP contribution in [0.5, 0.6) is 0 Å². The summed E-state index contributed by atoms with van der Waals surface area (Å²) in [6.07, 6.45) is 5.06. The first-order valence-electron chi connectivity index (χ1n) is 10.8. The second-order valence-electron chi connectivity index (χ2n) is 8.01. The predicted octanol–water partition coefficient (Wildman–Crippen LogP) is 4.14. The first kappa shape index (κ1) is 26.6. The molecule has 2 aliphatic rings. The van der Waals surface area contributed by atoms with Crippen LogP contribution in [0.4, 0.5) is 8.78 Å². The highest BCUT2D eigenvalue weighted by Crippen LogP contribution is 2.33. The predicted molar refractivity (Wildman–Crippen MR) is 136 cm³/mol. The van der Waals surface area contributed by atoms with Crippen molar-refractivity contribution < 1.29 is 13.5 Å². The summed E-state index contributed by atoms with van der Waals surface area (Å²) in [4.78, 5) is 9.07. The number of hydrogen-bond donors (Lipinski definition) is 1. The van der Waals surface area contributed by atoms with Crippen molar-refractivity contribution in [3.63, 3.8) is 0 Å². The SMILES string of the molecule is CCC(c1ccc(F)cc1F)N1CCN(C(=NC)NCC2(SC)CCOCC2)CC1.I. The highest BCUT2D eigenvalue weighted by atomic mass is 127. The molecule has 0 amide bonds. The van der Waals surface area contributed by atoms with Crippen molar-refractivity contribution in [3.8, 4) is 0 Å². The van der Waals surface area contributed by atoms with E-state index < -0.39 is 11.6 Å². The Labute approximate surface area is 206 Å². The first-order valence-corrected chi connectivity index (χ1v) is 12.0. The minimum Gasteiger partial charge on any atom is -0.381 e. The number of aliphatic imine (C=N–C) groups is 1. The molecule has 2 aliphatic heterocycles. The molecule has 9 heteroatoms. The van der Waals surface area contributed by atoms with Gasteiger partial charge in [-0.1, -0.05) is 13.0 Å². The van der Waals surface area contributed by atoms with Gasteiger partial charge in [0, 0.05) is 75.4 Å². The van der Waals surface area contributed by atoms with E-state index in [2.05, 4.69) is 33.3 Å². The molecule has 176 valence electrons. The van der Waals surface area contributed by atoms with E-state index in [1.807, 2.05) is 18.8 Å². The van der Waals surface area contributed by atoms with E-state index in [0.717, 1.165) is 77.2 Å². The van der Waals surface area contributed by atoms with Gasteiger partial charge in [-0.2, -0.15) is 11.8 Å². The molecule has 2 fully saturated rings. The highest BCUT2D eigenvalue weighted by Gasteiger charge is 2.33. The van der Waals surface area contributed by atoms with Crippen molar-refractivity contribution in [2.75, 3.05) is 59.2 Å². The number of rotatable bonds is 6. The van der Waals surface area contributed by atoms with E-state index in [1.165, 1.54) is 6.07 Å². The lowest BCUT2D eigenvalue weighted by atomic mass is 9.99. The molecule has 3 rings (SSSR count). The second kappa shape index (κ2) is 12.6. The number of thioether (sulfide) groups is 1. The summed E-state index contributed by atoms with van der Waals surface area (Å²) in [5, 5.41) is 3.59. The van der Waals surface area contributed by atoms with Crippen LogP contribution in [-0.4, -0.2) is 79.7 Å². The first-order chi connectivity index (χ1) is 14.5. The van der Waals surface area contributed by atoms with E-state index >= 15 is 0 Å². The van der Waals surface area contributed by atoms with Gasteiger partial charge in [0.2, 0.25) is 0 Å². The summed E-state index contributed by atoms with van der Waals surface area (Å²) in [5.41, 5.74) is 0.580. The largest absolute Gasteiger partial charge is 0.381 e. The van der Waals surface area contributed by atoms with Crippen molar-refractivity contribution >= 4 is 41.7 Å². The molecule has 0 saturated carbocycles. The molecule has 31 heavy (non-hydrogen) atoms. The average Bonchev–Trinajstić information content (AvgIpc) is 2.77. The molecule has 0 aliphatic carbocycles. The fourth-order valence-corrected chi connectivity index (χ4v) is 5.25. The molecule has 2 heterocycles. The molecule has 0 bridgehead atoms. The number of guanidine groups is 1. The minimum atomic E-state index is -0.529. The van der Waals surface area contributed by atoms with Crippen molar-refractivity contribution in [1.29, 1.82) is 0 Å². The number of nitrogens with zero attached hydrogens (tertiary/aromatic N) is 3. The maximum absolute atomic E-state index is 14.3. The van der Waals surface area contributed by atoms with Crippen LogP contribution in [0.2, 0.25) is 0 Å². The van der Waals surface area contributed by atoms with Crippen LogP contribution in [0.15, 0.2) is 23.2 Å². The Kier molecular flexibility index (Phi) is 10.8. The van der Waals surface area contributed by atoms with Crippen LogP contribution in [0.1, 0.15) is 37.8 Å². The summed E-state index contributed by atoms with van der Waals surface area (Å²) in [6, 6.07) is 3.88. The van der Waals surface area contributed by atoms with Crippen molar-refractivity contribution in [2.24, 2.45) is 4.99 Å². The third kappa shape index (κ3) is 6.68. The van der Waals surface area contributed by atoms with E-state index in [-0.39, 0.29) is 34.8 Å². The Morgan fingerprint density at radius 2 is 1.90 bits per heavy atom. The number of piperazine rings is 1. The molecular weight excluding hydrogens is 533 g/mol. The molecule has 1 atom stereocenters. The van der Waals surface area contributed by atoms with Gasteiger partial charge in [0.1, 0.15) is 11.6 Å². The lowest BCUT2D eigenvalue weighted by molar-refractivity contribution is 0.0778. The zero-order chi connectivity index (χ0) is 21.6. The number of hydrogen-bond acceptors (Lipinski definition) is 4. The lowest BCUT2D eigenvalue weighted by Gasteiger charge is -2.41. The summed E-state index contributed by atoms with van der Waals surface area (Å²) in [6.45, 7) is 7.85. The van der Waals surface area contributed by atoms with Crippen LogP contribution in [0, 0.1) is 11.6 Å². The van der Waals surface area contributed by atoms with Gasteiger partial charge in [0.15, 0.2) is 5.96 Å². The van der Waals surface area contributed by atoms with Gasteiger partial charge < -0.3 is 15.0 Å². The minimum absolute atomic E-state index is 0. The number of halogens is 3. The van der Waals surface area contributed by atoms with Crippen LogP contribution < -0.4 is 5.32 Å². The van der Waals surface area contributed by atoms with Gasteiger partial charge >= 0.3 is 0 Å². The molecule has 1 N–H and O–H groups in total. The van der Waals surface area contributed by atoms with E-state index in [4.69, 9.17) is 4.74 Å². The molecule has 2 saturated heterocycles. The third-order valence-corrected chi connectivity index (χ3v) is 7.80. The monoisotopic (exact) mass is 568 g/mol. The summed E-state index contributed by atoms with van der Waals surface area (Å²) in [7, 11) is 1.83. The number of benzene rings is 1. The molecule has 1 aromatic carbocycles. The topological polar surface area (TPSA) is 40.1 Å². The van der Waals surface area contributed by atoms with Gasteiger partial charge in [0.25, 0.3) is 0 Å². The number of ether oxygens (including phenoxy) is 1. The Bertz CT molecular complexity index is 725. The zero-order valence-electron chi connectivity index (χ0n) is 18.7. The fraction of sp³-hybridized carbons (Fsp3) is 0.682. The second-order valence-corrected chi connectivity index (χ2v) is 9.29. The van der Waals surface area contributed by atoms with Crippen molar-refractivity contribution in [1.82, 2.24) is 15.1 Å². The Morgan fingerprint density at radius 1 is 1.23 bits per heavy atom. The van der Waals surface area contributed by atoms with Gasteiger partial charge in [0.05, 0.1) is 0 Å². The zero-order valence-corrected chi connectivity index (χ0v) is 21.8. The smallest absolute Gasteiger partial charge is 0.193 e. The molecule has 0 spiro atoms. The maximum Gasteiger partial charge on any atom is 0.193 e. The van der Waals surface area contributed by atoms with Crippen molar-refractivity contribution in [2.45, 2.75) is 37.0 Å². The highest BCUT2D eigenvalue weighted by molar-refractivity contribution is 14.0. The standard InChI is InChI=1S/C22H34F2N4OS.HI/c1-4-20(18-6-5-17(23)15-19(18)24)27-9-11-28(12-10-27)21(25-2)26-16-22(30-3)7-13-29-14-8-22;/h5-6,15,20H,4,7-14,16H2,1-3H3,(H,25,26);1H. The molecule has 1 aromatic rings. The average molecular weight is 569 g/mol. The molecule has 0 radical (unpaired) electrons. The van der Waals surface area contributed by atoms with Crippen LogP contribution in [0.25, 0.3) is 0 Å². The summed E-state index contributed by atoms with van der Waals surface area (Å²) < 4.78 is 33.4. The fourth-order valence-electron chi connectivity index (χ4n) is 4.46. The van der Waals surface area contributed by atoms with Gasteiger partial charge in [-0.3, -0.25) is 9.89 Å². The van der Waals surface area contributed by atoms with E-state index in [9.17, 15) is 8.78 Å². The summed E-state index contributed by atoms with van der Waals surface area (Å²) in [5.74, 6) is -0.0607. The molecule has 1 unspecified atom stereocenters. The van der Waals surface area contributed by atoms with Crippen LogP contribution in [-0.2, 0) is 4.74 Å². The summed E-state index contributed by atoms with van der Waals surface area (Å²) >= 11 is 1.91. The quantitative estimate of drug-likeness (QED) is 0.318. The Hall–Kier alpha value is -0.650. The Balaban J connectivity index is 0.00000341. The molecule has 0 aromatic heterocycles. The van der Waals surface area contributed by atoms with Gasteiger partial charge in [-0.15, -0.1) is 24.0 Å². The van der Waals surface area contributed by atoms with Gasteiger partial charge in [-0.25, -0.2) is 8.78 Å². The van der Waals surface area contributed by atoms with E-state index in [1.54, 1.807) is 6.07 Å². The van der Waals surface area contributed by atoms with Gasteiger partial charge in [-0.05, 0) is 31.6 Å². The third-order valence-electron chi connectivity index (χ3n) is 6.38. The normalized spacial score (nSPS) is 20.8. The number of nitrogens with one attached hydrogen (secondary N) is 1. The van der Waals surface area contributed by atoms with Crippen molar-refractivity contribution in [3.05, 3.63) is 35.4 Å². The lowest BCUT2D eigenvalue weighted by Crippen LogP contribution is -2.55. The van der Waals surface area contributed by atoms with Crippen LogP contribution >= 0.6 is 35.7 Å².